The number of nitrogens with one attached hydrogen (secondary N) is 1. The van der Waals surface area contributed by atoms with Gasteiger partial charge in [0.25, 0.3) is 5.56 Å². The Kier molecular flexibility index (Phi) is 5.65. The Morgan fingerprint density at radius 1 is 1.38 bits per heavy atom. The maximum Gasteiger partial charge on any atom is 0.331 e. The lowest BCUT2D eigenvalue weighted by Gasteiger charge is -2.24. The summed E-state index contributed by atoms with van der Waals surface area (Å²) in [5.41, 5.74) is 2.05. The quantitative estimate of drug-likeness (QED) is 0.843. The summed E-state index contributed by atoms with van der Waals surface area (Å²) in [5, 5.41) is 0. The molecule has 1 aliphatic rings. The number of aromatic amines is 1. The van der Waals surface area contributed by atoms with Crippen LogP contribution in [-0.4, -0.2) is 15.7 Å². The van der Waals surface area contributed by atoms with E-state index in [1.54, 1.807) is 0 Å². The standard InChI is InChI=1S/C19H26N2O3/c1-6-7-8-21-18(16(12(2)3)17(22)20-19(21)23)24-15-10-13(4)9-14(5)11-15/h6-7,9-10,12,15H,8,11H2,1-5H3,(H,20,22,23)/b7-6+. The molecule has 0 fully saturated rings. The van der Waals surface area contributed by atoms with Crippen molar-refractivity contribution in [2.45, 2.75) is 59.6 Å². The molecule has 0 aliphatic heterocycles. The highest BCUT2D eigenvalue weighted by atomic mass is 16.5. The fourth-order valence-corrected chi connectivity index (χ4v) is 2.96. The molecular formula is C19H26N2O3. The summed E-state index contributed by atoms with van der Waals surface area (Å²) in [6.07, 6.45) is 8.46. The average molecular weight is 330 g/mol. The molecule has 1 unspecified atom stereocenters. The third-order valence-electron chi connectivity index (χ3n) is 4.00. The fourth-order valence-electron chi connectivity index (χ4n) is 2.96. The smallest absolute Gasteiger partial charge is 0.331 e. The molecule has 1 atom stereocenters. The molecule has 0 saturated carbocycles. The zero-order valence-electron chi connectivity index (χ0n) is 15.1. The highest BCUT2D eigenvalue weighted by Crippen LogP contribution is 2.26. The van der Waals surface area contributed by atoms with E-state index >= 15 is 0 Å². The van der Waals surface area contributed by atoms with Crippen molar-refractivity contribution in [3.63, 3.8) is 0 Å². The second kappa shape index (κ2) is 7.51. The van der Waals surface area contributed by atoms with Gasteiger partial charge in [-0.3, -0.25) is 14.3 Å². The Hall–Kier alpha value is -2.30. The second-order valence-corrected chi connectivity index (χ2v) is 6.57. The van der Waals surface area contributed by atoms with E-state index in [0.717, 1.165) is 12.0 Å². The number of hydrogen-bond acceptors (Lipinski definition) is 3. The summed E-state index contributed by atoms with van der Waals surface area (Å²) in [6.45, 7) is 10.2. The highest BCUT2D eigenvalue weighted by molar-refractivity contribution is 5.32. The summed E-state index contributed by atoms with van der Waals surface area (Å²) in [4.78, 5) is 27.0. The van der Waals surface area contributed by atoms with E-state index in [0.29, 0.717) is 18.0 Å². The fraction of sp³-hybridized carbons (Fsp3) is 0.474. The molecule has 1 heterocycles. The molecule has 1 aliphatic carbocycles. The third-order valence-corrected chi connectivity index (χ3v) is 4.00. The first kappa shape index (κ1) is 18.0. The SMILES string of the molecule is C/C=C/Cn1c(OC2C=C(C)C=C(C)C2)c(C(C)C)c(=O)[nH]c1=O. The number of hydrogen-bond donors (Lipinski definition) is 1. The monoisotopic (exact) mass is 330 g/mol. The van der Waals surface area contributed by atoms with E-state index in [4.69, 9.17) is 4.74 Å². The molecule has 0 bridgehead atoms. The zero-order valence-corrected chi connectivity index (χ0v) is 15.1. The Morgan fingerprint density at radius 2 is 2.08 bits per heavy atom. The van der Waals surface area contributed by atoms with Crippen LogP contribution >= 0.6 is 0 Å². The van der Waals surface area contributed by atoms with Crippen LogP contribution in [0.15, 0.2) is 45.0 Å². The second-order valence-electron chi connectivity index (χ2n) is 6.57. The number of nitrogens with zero attached hydrogens (tertiary/aromatic N) is 1. The van der Waals surface area contributed by atoms with E-state index in [-0.39, 0.29) is 17.6 Å². The molecule has 1 N–H and O–H groups in total. The van der Waals surface area contributed by atoms with Gasteiger partial charge in [-0.1, -0.05) is 43.2 Å². The third kappa shape index (κ3) is 3.96. The van der Waals surface area contributed by atoms with Crippen LogP contribution in [0.1, 0.15) is 52.5 Å². The van der Waals surface area contributed by atoms with Crippen LogP contribution in [0.4, 0.5) is 0 Å². The van der Waals surface area contributed by atoms with Gasteiger partial charge in [0.1, 0.15) is 6.10 Å². The lowest BCUT2D eigenvalue weighted by Crippen LogP contribution is -2.35. The van der Waals surface area contributed by atoms with E-state index in [2.05, 4.69) is 18.0 Å². The van der Waals surface area contributed by atoms with Crippen molar-refractivity contribution >= 4 is 0 Å². The first-order chi connectivity index (χ1) is 11.3. The maximum atomic E-state index is 12.3. The average Bonchev–Trinajstić information content (AvgIpc) is 2.45. The van der Waals surface area contributed by atoms with Crippen LogP contribution in [0, 0.1) is 0 Å². The molecule has 0 aromatic carbocycles. The van der Waals surface area contributed by atoms with Crippen molar-refractivity contribution in [1.82, 2.24) is 9.55 Å². The summed E-state index contributed by atoms with van der Waals surface area (Å²) >= 11 is 0. The van der Waals surface area contributed by atoms with Crippen LogP contribution in [0.3, 0.4) is 0 Å². The molecule has 1 aromatic heterocycles. The largest absolute Gasteiger partial charge is 0.470 e. The lowest BCUT2D eigenvalue weighted by molar-refractivity contribution is 0.219. The Labute approximate surface area is 142 Å². The molecule has 0 saturated heterocycles. The van der Waals surface area contributed by atoms with Gasteiger partial charge in [0.15, 0.2) is 0 Å². The van der Waals surface area contributed by atoms with Gasteiger partial charge in [-0.2, -0.15) is 0 Å². The van der Waals surface area contributed by atoms with E-state index in [1.807, 2.05) is 45.9 Å². The summed E-state index contributed by atoms with van der Waals surface area (Å²) in [5.74, 6) is 0.326. The van der Waals surface area contributed by atoms with Crippen molar-refractivity contribution < 1.29 is 4.74 Å². The van der Waals surface area contributed by atoms with Gasteiger partial charge >= 0.3 is 5.69 Å². The number of ether oxygens (including phenoxy) is 1. The Bertz CT molecular complexity index is 807. The van der Waals surface area contributed by atoms with Crippen LogP contribution in [-0.2, 0) is 6.54 Å². The number of aromatic nitrogens is 2. The molecule has 0 spiro atoms. The molecule has 24 heavy (non-hydrogen) atoms. The van der Waals surface area contributed by atoms with Gasteiger partial charge in [-0.25, -0.2) is 4.79 Å². The van der Waals surface area contributed by atoms with Crippen molar-refractivity contribution in [3.05, 3.63) is 61.9 Å². The van der Waals surface area contributed by atoms with Crippen molar-refractivity contribution in [3.8, 4) is 5.88 Å². The van der Waals surface area contributed by atoms with E-state index < -0.39 is 5.69 Å². The van der Waals surface area contributed by atoms with Crippen molar-refractivity contribution in [1.29, 1.82) is 0 Å². The summed E-state index contributed by atoms with van der Waals surface area (Å²) < 4.78 is 7.66. The Balaban J connectivity index is 2.55. The number of rotatable bonds is 5. The maximum absolute atomic E-state index is 12.3. The molecule has 1 aromatic rings. The molecule has 0 amide bonds. The van der Waals surface area contributed by atoms with Crippen molar-refractivity contribution in [2.75, 3.05) is 0 Å². The van der Waals surface area contributed by atoms with Crippen LogP contribution < -0.4 is 16.0 Å². The van der Waals surface area contributed by atoms with Gasteiger partial charge in [0.05, 0.1) is 5.56 Å². The van der Waals surface area contributed by atoms with Gasteiger partial charge < -0.3 is 4.74 Å². The lowest BCUT2D eigenvalue weighted by atomic mass is 9.99. The molecule has 2 rings (SSSR count). The van der Waals surface area contributed by atoms with Gasteiger partial charge in [0, 0.05) is 13.0 Å². The van der Waals surface area contributed by atoms with Crippen LogP contribution in [0.5, 0.6) is 5.88 Å². The molecule has 0 radical (unpaired) electrons. The number of allylic oxidation sites excluding steroid dienone is 4. The van der Waals surface area contributed by atoms with Crippen LogP contribution in [0.25, 0.3) is 0 Å². The van der Waals surface area contributed by atoms with Gasteiger partial charge in [-0.05, 0) is 32.8 Å². The summed E-state index contributed by atoms with van der Waals surface area (Å²) in [6, 6.07) is 0. The first-order valence-electron chi connectivity index (χ1n) is 8.33. The minimum atomic E-state index is -0.443. The van der Waals surface area contributed by atoms with Gasteiger partial charge in [-0.15, -0.1) is 0 Å². The predicted molar refractivity (Wildman–Crippen MR) is 96.8 cm³/mol. The predicted octanol–water partition coefficient (Wildman–Crippen LogP) is 3.28. The number of H-pyrrole nitrogens is 1. The first-order valence-corrected chi connectivity index (χ1v) is 8.33. The Morgan fingerprint density at radius 3 is 2.67 bits per heavy atom. The normalized spacial score (nSPS) is 18.0. The topological polar surface area (TPSA) is 64.1 Å². The minimum Gasteiger partial charge on any atom is -0.470 e. The van der Waals surface area contributed by atoms with Gasteiger partial charge in [0.2, 0.25) is 5.88 Å². The van der Waals surface area contributed by atoms with E-state index in [9.17, 15) is 9.59 Å². The minimum absolute atomic E-state index is 0.0495. The zero-order chi connectivity index (χ0) is 17.9. The molecule has 5 heteroatoms. The van der Waals surface area contributed by atoms with Crippen molar-refractivity contribution in [2.24, 2.45) is 0 Å². The molecular weight excluding hydrogens is 304 g/mol. The summed E-state index contributed by atoms with van der Waals surface area (Å²) in [7, 11) is 0. The van der Waals surface area contributed by atoms with E-state index in [1.165, 1.54) is 10.1 Å². The molecule has 5 nitrogen and oxygen atoms in total. The highest BCUT2D eigenvalue weighted by Gasteiger charge is 2.22. The van der Waals surface area contributed by atoms with Crippen LogP contribution in [0.2, 0.25) is 0 Å². The molecule has 130 valence electrons.